The number of hydrogen-bond acceptors (Lipinski definition) is 4. The summed E-state index contributed by atoms with van der Waals surface area (Å²) in [6.07, 6.45) is 1.98. The fraction of sp³-hybridized carbons (Fsp3) is 0.273. The van der Waals surface area contributed by atoms with Crippen molar-refractivity contribution in [1.29, 1.82) is 0 Å². The Balaban J connectivity index is 1.77. The molecule has 0 bridgehead atoms. The lowest BCUT2D eigenvalue weighted by Crippen LogP contribution is -2.17. The minimum absolute atomic E-state index is 0.332. The normalized spacial score (nSPS) is 11.8. The molecule has 134 valence electrons. The number of hydrogen-bond donors (Lipinski definition) is 2. The van der Waals surface area contributed by atoms with E-state index < -0.39 is 0 Å². The molecule has 2 N–H and O–H groups in total. The van der Waals surface area contributed by atoms with Gasteiger partial charge in [-0.15, -0.1) is 0 Å². The van der Waals surface area contributed by atoms with E-state index >= 15 is 0 Å². The quantitative estimate of drug-likeness (QED) is 0.602. The van der Waals surface area contributed by atoms with Gasteiger partial charge < -0.3 is 10.6 Å². The van der Waals surface area contributed by atoms with E-state index in [-0.39, 0.29) is 0 Å². The molecule has 3 rings (SSSR count). The van der Waals surface area contributed by atoms with E-state index in [1.807, 2.05) is 30.3 Å². The minimum atomic E-state index is 0.332. The van der Waals surface area contributed by atoms with Crippen LogP contribution in [0.1, 0.15) is 25.8 Å². The summed E-state index contributed by atoms with van der Waals surface area (Å²) in [6.45, 7) is 5.12. The summed E-state index contributed by atoms with van der Waals surface area (Å²) in [7, 11) is 0. The lowest BCUT2D eigenvalue weighted by atomic mass is 10.1. The monoisotopic (exact) mass is 346 g/mol. The molecule has 0 saturated heterocycles. The first kappa shape index (κ1) is 17.9. The van der Waals surface area contributed by atoms with E-state index in [1.54, 1.807) is 0 Å². The van der Waals surface area contributed by atoms with Gasteiger partial charge in [0.25, 0.3) is 0 Å². The molecule has 26 heavy (non-hydrogen) atoms. The molecule has 0 aliphatic heterocycles. The van der Waals surface area contributed by atoms with Gasteiger partial charge in [-0.1, -0.05) is 67.6 Å². The molecule has 0 fully saturated rings. The van der Waals surface area contributed by atoms with Crippen molar-refractivity contribution in [3.63, 3.8) is 0 Å². The SMILES string of the molecule is CC[C@H](C)Nc1nc(NCCc2ccccc2)cc(-c2ccccc2)n1. The van der Waals surface area contributed by atoms with Gasteiger partial charge in [0.2, 0.25) is 5.95 Å². The second kappa shape index (κ2) is 8.99. The second-order valence-electron chi connectivity index (χ2n) is 6.44. The molecule has 3 aromatic rings. The maximum absolute atomic E-state index is 4.70. The summed E-state index contributed by atoms with van der Waals surface area (Å²) in [4.78, 5) is 9.34. The van der Waals surface area contributed by atoms with Crippen LogP contribution in [0.2, 0.25) is 0 Å². The number of nitrogens with zero attached hydrogens (tertiary/aromatic N) is 2. The molecule has 1 aromatic heterocycles. The van der Waals surface area contributed by atoms with E-state index in [0.717, 1.165) is 36.5 Å². The first-order valence-corrected chi connectivity index (χ1v) is 9.23. The predicted octanol–water partition coefficient (Wildman–Crippen LogP) is 5.01. The van der Waals surface area contributed by atoms with Crippen LogP contribution in [0.25, 0.3) is 11.3 Å². The fourth-order valence-corrected chi connectivity index (χ4v) is 2.66. The average Bonchev–Trinajstić information content (AvgIpc) is 2.69. The van der Waals surface area contributed by atoms with Crippen molar-refractivity contribution in [2.24, 2.45) is 0 Å². The van der Waals surface area contributed by atoms with Gasteiger partial charge in [0, 0.05) is 24.2 Å². The Labute approximate surface area is 155 Å². The minimum Gasteiger partial charge on any atom is -0.370 e. The maximum atomic E-state index is 4.70. The van der Waals surface area contributed by atoms with Crippen molar-refractivity contribution >= 4 is 11.8 Å². The highest BCUT2D eigenvalue weighted by Gasteiger charge is 2.08. The van der Waals surface area contributed by atoms with Crippen LogP contribution >= 0.6 is 0 Å². The van der Waals surface area contributed by atoms with Crippen LogP contribution < -0.4 is 10.6 Å². The van der Waals surface area contributed by atoms with Crippen molar-refractivity contribution in [3.05, 3.63) is 72.3 Å². The van der Waals surface area contributed by atoms with Crippen LogP contribution in [0.3, 0.4) is 0 Å². The van der Waals surface area contributed by atoms with E-state index in [2.05, 4.69) is 65.9 Å². The Morgan fingerprint density at radius 1 is 0.923 bits per heavy atom. The van der Waals surface area contributed by atoms with Gasteiger partial charge in [-0.05, 0) is 25.3 Å². The van der Waals surface area contributed by atoms with Crippen LogP contribution in [0.5, 0.6) is 0 Å². The molecule has 1 atom stereocenters. The first-order chi connectivity index (χ1) is 12.7. The zero-order valence-corrected chi connectivity index (χ0v) is 15.4. The molecule has 0 spiro atoms. The van der Waals surface area contributed by atoms with E-state index in [9.17, 15) is 0 Å². The van der Waals surface area contributed by atoms with Crippen LogP contribution in [0.4, 0.5) is 11.8 Å². The Bertz CT molecular complexity index is 803. The molecular formula is C22H26N4. The zero-order valence-electron chi connectivity index (χ0n) is 15.4. The van der Waals surface area contributed by atoms with Gasteiger partial charge in [0.1, 0.15) is 5.82 Å². The first-order valence-electron chi connectivity index (χ1n) is 9.23. The van der Waals surface area contributed by atoms with Crippen LogP contribution in [0, 0.1) is 0 Å². The second-order valence-corrected chi connectivity index (χ2v) is 6.44. The molecule has 0 aliphatic carbocycles. The van der Waals surface area contributed by atoms with Gasteiger partial charge in [-0.3, -0.25) is 0 Å². The largest absolute Gasteiger partial charge is 0.370 e. The van der Waals surface area contributed by atoms with Gasteiger partial charge >= 0.3 is 0 Å². The van der Waals surface area contributed by atoms with E-state index in [0.29, 0.717) is 12.0 Å². The molecule has 2 aromatic carbocycles. The standard InChI is InChI=1S/C22H26N4/c1-3-17(2)24-22-25-20(19-12-8-5-9-13-19)16-21(26-22)23-15-14-18-10-6-4-7-11-18/h4-13,16-17H,3,14-15H2,1-2H3,(H2,23,24,25,26)/t17-/m0/s1. The molecule has 0 radical (unpaired) electrons. The Kier molecular flexibility index (Phi) is 6.20. The summed E-state index contributed by atoms with van der Waals surface area (Å²) < 4.78 is 0. The molecule has 0 amide bonds. The highest BCUT2D eigenvalue weighted by atomic mass is 15.2. The van der Waals surface area contributed by atoms with Crippen molar-refractivity contribution in [2.75, 3.05) is 17.2 Å². The van der Waals surface area contributed by atoms with Crippen molar-refractivity contribution < 1.29 is 0 Å². The smallest absolute Gasteiger partial charge is 0.225 e. The Morgan fingerprint density at radius 3 is 2.31 bits per heavy atom. The number of aromatic nitrogens is 2. The van der Waals surface area contributed by atoms with Crippen LogP contribution in [-0.4, -0.2) is 22.6 Å². The molecule has 4 nitrogen and oxygen atoms in total. The highest BCUT2D eigenvalue weighted by Crippen LogP contribution is 2.21. The van der Waals surface area contributed by atoms with Crippen molar-refractivity contribution in [2.45, 2.75) is 32.7 Å². The third-order valence-corrected chi connectivity index (χ3v) is 4.35. The Hall–Kier alpha value is -2.88. The number of rotatable bonds is 8. The van der Waals surface area contributed by atoms with Gasteiger partial charge in [0.05, 0.1) is 5.69 Å². The number of anilines is 2. The predicted molar refractivity (Wildman–Crippen MR) is 109 cm³/mol. The lowest BCUT2D eigenvalue weighted by molar-refractivity contribution is 0.753. The number of benzene rings is 2. The molecular weight excluding hydrogens is 320 g/mol. The third-order valence-electron chi connectivity index (χ3n) is 4.35. The zero-order chi connectivity index (χ0) is 18.2. The lowest BCUT2D eigenvalue weighted by Gasteiger charge is -2.14. The third kappa shape index (κ3) is 5.06. The summed E-state index contributed by atoms with van der Waals surface area (Å²) >= 11 is 0. The van der Waals surface area contributed by atoms with Gasteiger partial charge in [-0.2, -0.15) is 4.98 Å². The molecule has 0 unspecified atom stereocenters. The molecule has 1 heterocycles. The van der Waals surface area contributed by atoms with Crippen molar-refractivity contribution in [1.82, 2.24) is 9.97 Å². The Morgan fingerprint density at radius 2 is 1.62 bits per heavy atom. The van der Waals surface area contributed by atoms with Gasteiger partial charge in [0.15, 0.2) is 0 Å². The summed E-state index contributed by atoms with van der Waals surface area (Å²) in [5.41, 5.74) is 3.33. The summed E-state index contributed by atoms with van der Waals surface area (Å²) in [5, 5.41) is 6.83. The molecule has 0 aliphatic rings. The van der Waals surface area contributed by atoms with Gasteiger partial charge in [-0.25, -0.2) is 4.98 Å². The maximum Gasteiger partial charge on any atom is 0.225 e. The summed E-state index contributed by atoms with van der Waals surface area (Å²) in [6, 6.07) is 23.0. The molecule has 4 heteroatoms. The summed E-state index contributed by atoms with van der Waals surface area (Å²) in [5.74, 6) is 1.52. The van der Waals surface area contributed by atoms with E-state index in [1.165, 1.54) is 5.56 Å². The van der Waals surface area contributed by atoms with Crippen LogP contribution in [0.15, 0.2) is 66.7 Å². The topological polar surface area (TPSA) is 49.8 Å². The average molecular weight is 346 g/mol. The molecule has 0 saturated carbocycles. The fourth-order valence-electron chi connectivity index (χ4n) is 2.66. The van der Waals surface area contributed by atoms with Crippen molar-refractivity contribution in [3.8, 4) is 11.3 Å². The van der Waals surface area contributed by atoms with Crippen LogP contribution in [-0.2, 0) is 6.42 Å². The number of nitrogens with one attached hydrogen (secondary N) is 2. The van der Waals surface area contributed by atoms with E-state index in [4.69, 9.17) is 4.98 Å². The highest BCUT2D eigenvalue weighted by molar-refractivity contribution is 5.64.